The molecule has 0 saturated heterocycles. The summed E-state index contributed by atoms with van der Waals surface area (Å²) in [4.78, 5) is 36.6. The molecule has 0 amide bonds. The van der Waals surface area contributed by atoms with E-state index in [-0.39, 0.29) is 11.1 Å². The van der Waals surface area contributed by atoms with Crippen LogP contribution in [0.2, 0.25) is 0 Å². The Morgan fingerprint density at radius 1 is 0.609 bits per heavy atom. The van der Waals surface area contributed by atoms with E-state index in [1.807, 2.05) is 36.4 Å². The van der Waals surface area contributed by atoms with Crippen LogP contribution in [0.15, 0.2) is 70.3 Å². The summed E-state index contributed by atoms with van der Waals surface area (Å²) >= 11 is 2.46. The molecule has 0 unspecified atom stereocenters. The molecule has 46 heavy (non-hydrogen) atoms. The average molecular weight is 653 g/mol. The maximum absolute atomic E-state index is 13.2. The lowest BCUT2D eigenvalue weighted by Crippen LogP contribution is -2.23. The van der Waals surface area contributed by atoms with Gasteiger partial charge in [-0.05, 0) is 42.5 Å². The molecule has 230 valence electrons. The third kappa shape index (κ3) is 5.12. The van der Waals surface area contributed by atoms with Crippen molar-refractivity contribution in [1.29, 1.82) is 0 Å². The van der Waals surface area contributed by atoms with E-state index < -0.39 is 0 Å². The first-order valence-electron chi connectivity index (χ1n) is 13.8. The van der Waals surface area contributed by atoms with Gasteiger partial charge in [-0.15, -0.1) is 10.2 Å². The molecule has 14 heteroatoms. The standard InChI is InChI=1S/C32H24N6O6S2/c1-41-21-10-8-17(23(15-21)43-3)13-25-29(39)37-31(45-25)33-27(35-37)19-6-5-7-20(12-19)28-34-32-38(36-28)30(40)26(46-32)14-18-9-11-22(42-2)16-24(18)44-4/h5-16H,1-4H3/b25-13+,26-14+. The summed E-state index contributed by atoms with van der Waals surface area (Å²) in [6.45, 7) is 0. The normalized spacial score (nSPS) is 12.3. The Morgan fingerprint density at radius 3 is 1.46 bits per heavy atom. The Balaban J connectivity index is 1.20. The van der Waals surface area contributed by atoms with Crippen molar-refractivity contribution in [2.24, 2.45) is 0 Å². The van der Waals surface area contributed by atoms with Crippen molar-refractivity contribution >= 4 is 44.7 Å². The van der Waals surface area contributed by atoms with E-state index in [1.165, 1.54) is 31.7 Å². The van der Waals surface area contributed by atoms with E-state index in [4.69, 9.17) is 18.9 Å². The van der Waals surface area contributed by atoms with Gasteiger partial charge in [0, 0.05) is 34.4 Å². The largest absolute Gasteiger partial charge is 0.497 e. The molecule has 7 aromatic rings. The zero-order chi connectivity index (χ0) is 31.9. The van der Waals surface area contributed by atoms with Crippen molar-refractivity contribution in [1.82, 2.24) is 29.2 Å². The highest BCUT2D eigenvalue weighted by atomic mass is 32.1. The molecular formula is C32H24N6O6S2. The van der Waals surface area contributed by atoms with E-state index >= 15 is 0 Å². The van der Waals surface area contributed by atoms with Crippen LogP contribution in [0.25, 0.3) is 44.8 Å². The first kappa shape index (κ1) is 29.1. The van der Waals surface area contributed by atoms with Crippen molar-refractivity contribution in [3.8, 4) is 45.8 Å². The van der Waals surface area contributed by atoms with Gasteiger partial charge in [-0.1, -0.05) is 40.9 Å². The van der Waals surface area contributed by atoms with Crippen molar-refractivity contribution in [3.63, 3.8) is 0 Å². The van der Waals surface area contributed by atoms with Crippen LogP contribution in [0.1, 0.15) is 11.1 Å². The molecule has 0 aliphatic rings. The second kappa shape index (κ2) is 11.7. The van der Waals surface area contributed by atoms with Gasteiger partial charge in [0.1, 0.15) is 23.0 Å². The second-order valence-electron chi connectivity index (χ2n) is 9.89. The lowest BCUT2D eigenvalue weighted by Gasteiger charge is -2.06. The Kier molecular flexibility index (Phi) is 7.42. The van der Waals surface area contributed by atoms with E-state index in [9.17, 15) is 9.59 Å². The number of benzene rings is 3. The topological polar surface area (TPSA) is 131 Å². The van der Waals surface area contributed by atoms with Crippen molar-refractivity contribution in [2.45, 2.75) is 0 Å². The summed E-state index contributed by atoms with van der Waals surface area (Å²) in [6.07, 6.45) is 3.50. The van der Waals surface area contributed by atoms with Gasteiger partial charge in [0.05, 0.1) is 37.5 Å². The Labute approximate surface area is 268 Å². The Hall–Kier alpha value is -5.60. The molecule has 0 aliphatic heterocycles. The number of rotatable bonds is 8. The third-order valence-electron chi connectivity index (χ3n) is 7.20. The molecule has 7 rings (SSSR count). The van der Waals surface area contributed by atoms with Crippen molar-refractivity contribution in [2.75, 3.05) is 28.4 Å². The monoisotopic (exact) mass is 652 g/mol. The molecule has 0 N–H and O–H groups in total. The first-order valence-corrected chi connectivity index (χ1v) is 15.4. The minimum absolute atomic E-state index is 0.286. The lowest BCUT2D eigenvalue weighted by molar-refractivity contribution is 0.393. The summed E-state index contributed by atoms with van der Waals surface area (Å²) in [7, 11) is 6.28. The van der Waals surface area contributed by atoms with Gasteiger partial charge < -0.3 is 18.9 Å². The zero-order valence-electron chi connectivity index (χ0n) is 24.9. The fourth-order valence-corrected chi connectivity index (χ4v) is 6.66. The smallest absolute Gasteiger partial charge is 0.291 e. The van der Waals surface area contributed by atoms with E-state index in [0.717, 1.165) is 11.1 Å². The number of hydrogen-bond donors (Lipinski definition) is 0. The SMILES string of the molecule is COc1ccc(/C=c2/sc3nc(-c4cccc(-c5nc6s/c(=C/c7ccc(OC)cc7OC)c(=O)n6n5)c4)nn3c2=O)c(OC)c1. The fourth-order valence-electron chi connectivity index (χ4n) is 4.87. The minimum Gasteiger partial charge on any atom is -0.497 e. The van der Waals surface area contributed by atoms with Crippen LogP contribution in [0.3, 0.4) is 0 Å². The summed E-state index contributed by atoms with van der Waals surface area (Å²) in [5.74, 6) is 3.24. The van der Waals surface area contributed by atoms with E-state index in [2.05, 4.69) is 20.2 Å². The van der Waals surface area contributed by atoms with Crippen molar-refractivity contribution < 1.29 is 18.9 Å². The summed E-state index contributed by atoms with van der Waals surface area (Å²) < 4.78 is 25.0. The first-order chi connectivity index (χ1) is 22.4. The highest BCUT2D eigenvalue weighted by Gasteiger charge is 2.16. The highest BCUT2D eigenvalue weighted by molar-refractivity contribution is 7.15. The number of ether oxygens (including phenoxy) is 4. The number of aromatic nitrogens is 6. The van der Waals surface area contributed by atoms with Gasteiger partial charge in [0.15, 0.2) is 11.6 Å². The molecule has 0 spiro atoms. The third-order valence-corrected chi connectivity index (χ3v) is 9.12. The van der Waals surface area contributed by atoms with Gasteiger partial charge in [0.25, 0.3) is 11.1 Å². The van der Waals surface area contributed by atoms with Crippen molar-refractivity contribution in [3.05, 3.63) is 102 Å². The lowest BCUT2D eigenvalue weighted by atomic mass is 10.1. The molecular weight excluding hydrogens is 629 g/mol. The van der Waals surface area contributed by atoms with Crippen LogP contribution in [0.4, 0.5) is 0 Å². The fraction of sp³-hybridized carbons (Fsp3) is 0.125. The van der Waals surface area contributed by atoms with Gasteiger partial charge in [0.2, 0.25) is 9.92 Å². The van der Waals surface area contributed by atoms with Crippen LogP contribution in [-0.2, 0) is 0 Å². The molecule has 0 radical (unpaired) electrons. The maximum atomic E-state index is 13.2. The van der Waals surface area contributed by atoms with Crippen LogP contribution in [0, 0.1) is 0 Å². The van der Waals surface area contributed by atoms with Gasteiger partial charge in [-0.3, -0.25) is 9.59 Å². The Morgan fingerprint density at radius 2 is 1.07 bits per heavy atom. The number of thiazole rings is 2. The van der Waals surface area contributed by atoms with E-state index in [0.29, 0.717) is 64.8 Å². The number of hydrogen-bond acceptors (Lipinski definition) is 12. The second-order valence-corrected chi connectivity index (χ2v) is 11.9. The molecule has 0 atom stereocenters. The predicted molar refractivity (Wildman–Crippen MR) is 175 cm³/mol. The predicted octanol–water partition coefficient (Wildman–Crippen LogP) is 3.08. The van der Waals surface area contributed by atoms with E-state index in [1.54, 1.807) is 64.9 Å². The minimum atomic E-state index is -0.286. The number of nitrogens with zero attached hydrogens (tertiary/aromatic N) is 6. The van der Waals surface area contributed by atoms with Gasteiger partial charge in [-0.2, -0.15) is 19.0 Å². The highest BCUT2D eigenvalue weighted by Crippen LogP contribution is 2.27. The van der Waals surface area contributed by atoms with Gasteiger partial charge >= 0.3 is 0 Å². The molecule has 4 aromatic heterocycles. The van der Waals surface area contributed by atoms with Gasteiger partial charge in [-0.25, -0.2) is 0 Å². The molecule has 0 fully saturated rings. The van der Waals surface area contributed by atoms with Crippen LogP contribution < -0.4 is 39.1 Å². The quantitative estimate of drug-likeness (QED) is 0.241. The Bertz CT molecular complexity index is 2330. The summed E-state index contributed by atoms with van der Waals surface area (Å²) in [5.41, 5.74) is 2.25. The van der Waals surface area contributed by atoms with Crippen LogP contribution in [-0.4, -0.2) is 57.6 Å². The molecule has 4 heterocycles. The summed E-state index contributed by atoms with van der Waals surface area (Å²) in [5, 5.41) is 8.98. The van der Waals surface area contributed by atoms with Crippen LogP contribution in [0.5, 0.6) is 23.0 Å². The number of fused-ring (bicyclic) bond motifs is 2. The molecule has 0 bridgehead atoms. The average Bonchev–Trinajstić information content (AvgIpc) is 3.84. The maximum Gasteiger partial charge on any atom is 0.291 e. The van der Waals surface area contributed by atoms with Crippen LogP contribution >= 0.6 is 22.7 Å². The zero-order valence-corrected chi connectivity index (χ0v) is 26.5. The molecule has 3 aromatic carbocycles. The molecule has 0 saturated carbocycles. The summed E-state index contributed by atoms with van der Waals surface area (Å²) in [6, 6.07) is 18.1. The number of methoxy groups -OCH3 is 4. The molecule has 0 aliphatic carbocycles. The molecule has 12 nitrogen and oxygen atoms in total.